The van der Waals surface area contributed by atoms with Crippen LogP contribution in [-0.2, 0) is 22.5 Å². The van der Waals surface area contributed by atoms with Crippen LogP contribution in [0.5, 0.6) is 0 Å². The summed E-state index contributed by atoms with van der Waals surface area (Å²) >= 11 is 1.74. The number of hydrogen-bond acceptors (Lipinski definition) is 6. The number of aromatic nitrogens is 1. The molecule has 0 radical (unpaired) electrons. The number of thiophene rings is 1. The SMILES string of the molecule is CC(C)OC(=O)c1cccnc1NCC(=O)N1CCc2sccc2C1. The van der Waals surface area contributed by atoms with Gasteiger partial charge in [-0.25, -0.2) is 9.78 Å². The molecule has 25 heavy (non-hydrogen) atoms. The molecule has 0 spiro atoms. The van der Waals surface area contributed by atoms with Crippen LogP contribution in [0.1, 0.15) is 34.6 Å². The quantitative estimate of drug-likeness (QED) is 0.831. The van der Waals surface area contributed by atoms with E-state index in [0.717, 1.165) is 13.0 Å². The molecule has 1 aliphatic rings. The molecular weight excluding hydrogens is 338 g/mol. The summed E-state index contributed by atoms with van der Waals surface area (Å²) in [6.07, 6.45) is 2.27. The van der Waals surface area contributed by atoms with Crippen molar-refractivity contribution in [2.75, 3.05) is 18.4 Å². The first kappa shape index (κ1) is 17.4. The molecule has 0 unspecified atom stereocenters. The van der Waals surface area contributed by atoms with Gasteiger partial charge in [0, 0.05) is 24.2 Å². The van der Waals surface area contributed by atoms with Crippen LogP contribution >= 0.6 is 11.3 Å². The Morgan fingerprint density at radius 1 is 1.40 bits per heavy atom. The van der Waals surface area contributed by atoms with Crippen molar-refractivity contribution in [3.63, 3.8) is 0 Å². The van der Waals surface area contributed by atoms with E-state index in [4.69, 9.17) is 4.74 Å². The highest BCUT2D eigenvalue weighted by molar-refractivity contribution is 7.10. The highest BCUT2D eigenvalue weighted by Crippen LogP contribution is 2.24. The number of rotatable bonds is 5. The molecule has 0 aliphatic carbocycles. The maximum atomic E-state index is 12.5. The number of carbonyl (C=O) groups excluding carboxylic acids is 2. The lowest BCUT2D eigenvalue weighted by Crippen LogP contribution is -2.39. The largest absolute Gasteiger partial charge is 0.459 e. The van der Waals surface area contributed by atoms with E-state index in [1.807, 2.05) is 4.90 Å². The van der Waals surface area contributed by atoms with Gasteiger partial charge in [-0.05, 0) is 49.4 Å². The van der Waals surface area contributed by atoms with Crippen molar-refractivity contribution in [2.24, 2.45) is 0 Å². The summed E-state index contributed by atoms with van der Waals surface area (Å²) in [5, 5.41) is 5.05. The summed E-state index contributed by atoms with van der Waals surface area (Å²) < 4.78 is 5.22. The van der Waals surface area contributed by atoms with Gasteiger partial charge in [-0.15, -0.1) is 11.3 Å². The normalized spacial score (nSPS) is 13.5. The summed E-state index contributed by atoms with van der Waals surface area (Å²) in [6.45, 7) is 5.04. The second-order valence-electron chi connectivity index (χ2n) is 6.14. The summed E-state index contributed by atoms with van der Waals surface area (Å²) in [7, 11) is 0. The zero-order valence-corrected chi connectivity index (χ0v) is 15.1. The summed E-state index contributed by atoms with van der Waals surface area (Å²) in [5.74, 6) is -0.0839. The minimum absolute atomic E-state index is 0.00863. The Kier molecular flexibility index (Phi) is 5.33. The van der Waals surface area contributed by atoms with E-state index in [9.17, 15) is 9.59 Å². The van der Waals surface area contributed by atoms with Crippen LogP contribution in [0, 0.1) is 0 Å². The van der Waals surface area contributed by atoms with Gasteiger partial charge in [0.1, 0.15) is 11.4 Å². The Labute approximate surface area is 150 Å². The van der Waals surface area contributed by atoms with Gasteiger partial charge in [0.05, 0.1) is 12.6 Å². The molecule has 1 aliphatic heterocycles. The minimum Gasteiger partial charge on any atom is -0.459 e. The van der Waals surface area contributed by atoms with Crippen LogP contribution in [0.3, 0.4) is 0 Å². The number of pyridine rings is 1. The number of nitrogens with zero attached hydrogens (tertiary/aromatic N) is 2. The van der Waals surface area contributed by atoms with Crippen LogP contribution < -0.4 is 5.32 Å². The van der Waals surface area contributed by atoms with Gasteiger partial charge in [0.15, 0.2) is 0 Å². The predicted molar refractivity (Wildman–Crippen MR) is 96.7 cm³/mol. The van der Waals surface area contributed by atoms with Crippen LogP contribution in [0.4, 0.5) is 5.82 Å². The maximum absolute atomic E-state index is 12.5. The van der Waals surface area contributed by atoms with Crippen LogP contribution in [0.2, 0.25) is 0 Å². The van der Waals surface area contributed by atoms with Gasteiger partial charge in [-0.2, -0.15) is 0 Å². The number of hydrogen-bond donors (Lipinski definition) is 1. The third-order valence-electron chi connectivity index (χ3n) is 3.94. The highest BCUT2D eigenvalue weighted by Gasteiger charge is 2.22. The monoisotopic (exact) mass is 359 g/mol. The lowest BCUT2D eigenvalue weighted by Gasteiger charge is -2.27. The van der Waals surface area contributed by atoms with Crippen LogP contribution in [0.15, 0.2) is 29.8 Å². The number of carbonyl (C=O) groups is 2. The van der Waals surface area contributed by atoms with Gasteiger partial charge in [-0.1, -0.05) is 0 Å². The second kappa shape index (κ2) is 7.65. The average molecular weight is 359 g/mol. The van der Waals surface area contributed by atoms with Crippen molar-refractivity contribution in [3.8, 4) is 0 Å². The fraction of sp³-hybridized carbons (Fsp3) is 0.389. The molecular formula is C18H21N3O3S. The summed E-state index contributed by atoms with van der Waals surface area (Å²) in [4.78, 5) is 32.0. The smallest absolute Gasteiger partial charge is 0.342 e. The number of anilines is 1. The third kappa shape index (κ3) is 4.17. The second-order valence-corrected chi connectivity index (χ2v) is 7.14. The van der Waals surface area contributed by atoms with Crippen molar-refractivity contribution in [1.29, 1.82) is 0 Å². The van der Waals surface area contributed by atoms with Crippen molar-refractivity contribution in [3.05, 3.63) is 45.8 Å². The molecule has 0 atom stereocenters. The van der Waals surface area contributed by atoms with Gasteiger partial charge in [-0.3, -0.25) is 4.79 Å². The molecule has 1 N–H and O–H groups in total. The molecule has 3 rings (SSSR count). The molecule has 0 bridgehead atoms. The van der Waals surface area contributed by atoms with E-state index >= 15 is 0 Å². The van der Waals surface area contributed by atoms with Crippen LogP contribution in [-0.4, -0.2) is 41.0 Å². The van der Waals surface area contributed by atoms with E-state index in [1.165, 1.54) is 10.4 Å². The number of nitrogens with one attached hydrogen (secondary N) is 1. The molecule has 2 aromatic heterocycles. The zero-order chi connectivity index (χ0) is 17.8. The Bertz CT molecular complexity index is 772. The zero-order valence-electron chi connectivity index (χ0n) is 14.3. The number of amides is 1. The van der Waals surface area contributed by atoms with Crippen molar-refractivity contribution in [2.45, 2.75) is 32.9 Å². The fourth-order valence-electron chi connectivity index (χ4n) is 2.72. The van der Waals surface area contributed by atoms with E-state index in [0.29, 0.717) is 17.9 Å². The van der Waals surface area contributed by atoms with Gasteiger partial charge < -0.3 is 15.0 Å². The Balaban J connectivity index is 1.62. The molecule has 2 aromatic rings. The lowest BCUT2D eigenvalue weighted by atomic mass is 10.1. The maximum Gasteiger partial charge on any atom is 0.342 e. The van der Waals surface area contributed by atoms with Gasteiger partial charge >= 0.3 is 5.97 Å². The fourth-order valence-corrected chi connectivity index (χ4v) is 3.61. The first-order valence-electron chi connectivity index (χ1n) is 8.27. The molecule has 0 saturated heterocycles. The first-order valence-corrected chi connectivity index (χ1v) is 9.15. The molecule has 3 heterocycles. The van der Waals surface area contributed by atoms with E-state index in [2.05, 4.69) is 21.7 Å². The van der Waals surface area contributed by atoms with Gasteiger partial charge in [0.2, 0.25) is 5.91 Å². The van der Waals surface area contributed by atoms with Crippen molar-refractivity contribution < 1.29 is 14.3 Å². The number of fused-ring (bicyclic) bond motifs is 1. The van der Waals surface area contributed by atoms with Gasteiger partial charge in [0.25, 0.3) is 0 Å². The minimum atomic E-state index is -0.445. The third-order valence-corrected chi connectivity index (χ3v) is 4.96. The molecule has 0 fully saturated rings. The van der Waals surface area contributed by atoms with E-state index in [1.54, 1.807) is 43.5 Å². The molecule has 132 valence electrons. The Morgan fingerprint density at radius 3 is 3.04 bits per heavy atom. The summed E-state index contributed by atoms with van der Waals surface area (Å²) in [5.41, 5.74) is 1.56. The molecule has 7 heteroatoms. The molecule has 1 amide bonds. The Hall–Kier alpha value is -2.41. The van der Waals surface area contributed by atoms with Crippen molar-refractivity contribution in [1.82, 2.24) is 9.88 Å². The van der Waals surface area contributed by atoms with E-state index in [-0.39, 0.29) is 18.6 Å². The van der Waals surface area contributed by atoms with Crippen molar-refractivity contribution >= 4 is 29.0 Å². The van der Waals surface area contributed by atoms with E-state index < -0.39 is 5.97 Å². The summed E-state index contributed by atoms with van der Waals surface area (Å²) in [6, 6.07) is 5.39. The lowest BCUT2D eigenvalue weighted by molar-refractivity contribution is -0.130. The molecule has 0 aromatic carbocycles. The number of esters is 1. The number of ether oxygens (including phenoxy) is 1. The standard InChI is InChI=1S/C18H21N3O3S/c1-12(2)24-18(23)14-4-3-7-19-17(14)20-10-16(22)21-8-5-15-13(11-21)6-9-25-15/h3-4,6-7,9,12H,5,8,10-11H2,1-2H3,(H,19,20). The topological polar surface area (TPSA) is 71.5 Å². The Morgan fingerprint density at radius 2 is 2.24 bits per heavy atom. The van der Waals surface area contributed by atoms with Crippen LogP contribution in [0.25, 0.3) is 0 Å². The highest BCUT2D eigenvalue weighted by atomic mass is 32.1. The molecule has 6 nitrogen and oxygen atoms in total. The predicted octanol–water partition coefficient (Wildman–Crippen LogP) is 2.71. The average Bonchev–Trinajstić information content (AvgIpc) is 3.07. The molecule has 0 saturated carbocycles. The first-order chi connectivity index (χ1) is 12.0.